The van der Waals surface area contributed by atoms with Crippen molar-refractivity contribution < 1.29 is 0 Å². The molecule has 0 bridgehead atoms. The molecule has 1 nitrogen and oxygen atoms in total. The SMILES string of the molecule is CC(C)(C)c1ccc2c(c1)C(C)(C)c1cc(C(C)(C)C)cc(N(c3ccc4c(c3)C(C)(C)c3ccccc3-4)c3ccc4c(c3)C(C)(C)c3ccccc3-4)c1-2. The highest BCUT2D eigenvalue weighted by atomic mass is 15.1. The van der Waals surface area contributed by atoms with Crippen molar-refractivity contribution >= 4 is 17.1 Å². The molecule has 0 aromatic heterocycles. The molecule has 0 N–H and O–H groups in total. The Hall–Kier alpha value is -4.88. The molecule has 0 radical (unpaired) electrons. The minimum atomic E-state index is -0.156. The number of benzene rings is 6. The number of fused-ring (bicyclic) bond motifs is 9. The third-order valence-corrected chi connectivity index (χ3v) is 13.4. The zero-order valence-corrected chi connectivity index (χ0v) is 34.4. The van der Waals surface area contributed by atoms with E-state index in [4.69, 9.17) is 0 Å². The average Bonchev–Trinajstić information content (AvgIpc) is 3.60. The number of hydrogen-bond acceptors (Lipinski definition) is 1. The third-order valence-electron chi connectivity index (χ3n) is 13.4. The first-order valence-corrected chi connectivity index (χ1v) is 19.9. The maximum Gasteiger partial charge on any atom is 0.0546 e. The Balaban J connectivity index is 1.36. The van der Waals surface area contributed by atoms with Crippen molar-refractivity contribution in [2.24, 2.45) is 0 Å². The Bertz CT molecular complexity index is 2430. The molecule has 0 amide bonds. The summed E-state index contributed by atoms with van der Waals surface area (Å²) in [6.45, 7) is 28.5. The van der Waals surface area contributed by atoms with Crippen LogP contribution < -0.4 is 4.90 Å². The van der Waals surface area contributed by atoms with Crippen LogP contribution in [0.2, 0.25) is 0 Å². The zero-order valence-electron chi connectivity index (χ0n) is 34.4. The number of nitrogens with zero attached hydrogens (tertiary/aromatic N) is 1. The van der Waals surface area contributed by atoms with Crippen LogP contribution in [0.25, 0.3) is 33.4 Å². The lowest BCUT2D eigenvalue weighted by Crippen LogP contribution is -2.21. The first-order chi connectivity index (χ1) is 25.3. The lowest BCUT2D eigenvalue weighted by atomic mass is 9.77. The second kappa shape index (κ2) is 11.1. The predicted molar refractivity (Wildman–Crippen MR) is 231 cm³/mol. The molecule has 3 aliphatic rings. The summed E-state index contributed by atoms with van der Waals surface area (Å²) in [5.74, 6) is 0. The first kappa shape index (κ1) is 34.9. The Morgan fingerprint density at radius 2 is 0.778 bits per heavy atom. The van der Waals surface area contributed by atoms with Crippen molar-refractivity contribution in [1.82, 2.24) is 0 Å². The van der Waals surface area contributed by atoms with Crippen molar-refractivity contribution in [3.8, 4) is 33.4 Å². The molecule has 0 atom stereocenters. The van der Waals surface area contributed by atoms with Crippen LogP contribution in [0.5, 0.6) is 0 Å². The molecule has 3 aliphatic carbocycles. The lowest BCUT2D eigenvalue weighted by Gasteiger charge is -2.33. The highest BCUT2D eigenvalue weighted by Gasteiger charge is 2.42. The fraction of sp³-hybridized carbons (Fsp3) is 0.321. The molecule has 0 heterocycles. The van der Waals surface area contributed by atoms with Gasteiger partial charge in [-0.25, -0.2) is 0 Å². The molecule has 0 saturated heterocycles. The summed E-state index contributed by atoms with van der Waals surface area (Å²) in [4.78, 5) is 2.61. The van der Waals surface area contributed by atoms with Gasteiger partial charge in [0.2, 0.25) is 0 Å². The van der Waals surface area contributed by atoms with E-state index >= 15 is 0 Å². The van der Waals surface area contributed by atoms with Crippen LogP contribution in [0, 0.1) is 0 Å². The summed E-state index contributed by atoms with van der Waals surface area (Å²) in [6.07, 6.45) is 0. The van der Waals surface area contributed by atoms with Gasteiger partial charge in [-0.1, -0.05) is 168 Å². The second-order valence-electron chi connectivity index (χ2n) is 19.9. The van der Waals surface area contributed by atoms with Crippen LogP contribution in [0.3, 0.4) is 0 Å². The number of hydrogen-bond donors (Lipinski definition) is 0. The summed E-state index contributed by atoms with van der Waals surface area (Å²) >= 11 is 0. The molecular formula is C53H55N. The van der Waals surface area contributed by atoms with Gasteiger partial charge in [0.15, 0.2) is 0 Å². The van der Waals surface area contributed by atoms with Gasteiger partial charge in [0.05, 0.1) is 5.69 Å². The van der Waals surface area contributed by atoms with Gasteiger partial charge < -0.3 is 4.90 Å². The molecule has 1 heteroatoms. The molecule has 0 fully saturated rings. The molecule has 6 aromatic rings. The molecule has 6 aromatic carbocycles. The van der Waals surface area contributed by atoms with Crippen LogP contribution in [0.4, 0.5) is 17.1 Å². The first-order valence-electron chi connectivity index (χ1n) is 19.9. The van der Waals surface area contributed by atoms with E-state index in [0.717, 1.165) is 0 Å². The highest BCUT2D eigenvalue weighted by molar-refractivity contribution is 5.97. The zero-order chi connectivity index (χ0) is 38.3. The lowest BCUT2D eigenvalue weighted by molar-refractivity contribution is 0.580. The van der Waals surface area contributed by atoms with Gasteiger partial charge in [-0.2, -0.15) is 0 Å². The Morgan fingerprint density at radius 3 is 1.28 bits per heavy atom. The predicted octanol–water partition coefficient (Wildman–Crippen LogP) is 14.7. The molecule has 0 spiro atoms. The summed E-state index contributed by atoms with van der Waals surface area (Å²) in [6, 6.07) is 44.9. The third kappa shape index (κ3) is 4.83. The van der Waals surface area contributed by atoms with Gasteiger partial charge in [0.1, 0.15) is 0 Å². The molecule has 0 unspecified atom stereocenters. The standard InChI is InChI=1S/C53H55N/c1-49(2,3)32-21-24-40-43(27-32)53(11,12)46-28-33(50(4,5)6)29-47(48(40)46)54(34-22-25-38-36-17-13-15-19-41(36)51(7,8)44(38)30-34)35-23-26-39-37-18-14-16-20-42(37)52(9,10)45(39)31-35/h13-31H,1-12H3. The quantitative estimate of drug-likeness (QED) is 0.177. The van der Waals surface area contributed by atoms with Gasteiger partial charge in [0.25, 0.3) is 0 Å². The topological polar surface area (TPSA) is 3.24 Å². The molecule has 272 valence electrons. The van der Waals surface area contributed by atoms with E-state index in [-0.39, 0.29) is 27.1 Å². The van der Waals surface area contributed by atoms with E-state index in [1.807, 2.05) is 0 Å². The number of anilines is 3. The fourth-order valence-electron chi connectivity index (χ4n) is 9.99. The molecule has 0 aliphatic heterocycles. The molecular weight excluding hydrogens is 651 g/mol. The van der Waals surface area contributed by atoms with Crippen molar-refractivity contribution in [3.63, 3.8) is 0 Å². The summed E-state index contributed by atoms with van der Waals surface area (Å²) in [5, 5.41) is 0. The largest absolute Gasteiger partial charge is 0.310 e. The Morgan fingerprint density at radius 1 is 0.370 bits per heavy atom. The monoisotopic (exact) mass is 705 g/mol. The molecule has 9 rings (SSSR count). The van der Waals surface area contributed by atoms with E-state index in [1.165, 1.54) is 95.0 Å². The maximum absolute atomic E-state index is 2.61. The van der Waals surface area contributed by atoms with Crippen molar-refractivity contribution in [1.29, 1.82) is 0 Å². The molecule has 54 heavy (non-hydrogen) atoms. The van der Waals surface area contributed by atoms with Crippen molar-refractivity contribution in [3.05, 3.63) is 160 Å². The van der Waals surface area contributed by atoms with Gasteiger partial charge in [0, 0.05) is 33.2 Å². The van der Waals surface area contributed by atoms with Gasteiger partial charge in [-0.15, -0.1) is 0 Å². The minimum absolute atomic E-state index is 0.0417. The smallest absolute Gasteiger partial charge is 0.0546 e. The van der Waals surface area contributed by atoms with Crippen LogP contribution in [0.1, 0.15) is 128 Å². The van der Waals surface area contributed by atoms with E-state index in [2.05, 4.69) is 203 Å². The molecule has 0 saturated carbocycles. The fourth-order valence-corrected chi connectivity index (χ4v) is 9.99. The highest BCUT2D eigenvalue weighted by Crippen LogP contribution is 2.58. The van der Waals surface area contributed by atoms with Crippen molar-refractivity contribution in [2.45, 2.75) is 110 Å². The van der Waals surface area contributed by atoms with Gasteiger partial charge >= 0.3 is 0 Å². The minimum Gasteiger partial charge on any atom is -0.310 e. The van der Waals surface area contributed by atoms with E-state index in [9.17, 15) is 0 Å². The van der Waals surface area contributed by atoms with Crippen LogP contribution in [0.15, 0.2) is 115 Å². The number of rotatable bonds is 3. The van der Waals surface area contributed by atoms with Gasteiger partial charge in [-0.05, 0) is 113 Å². The second-order valence-corrected chi connectivity index (χ2v) is 19.9. The van der Waals surface area contributed by atoms with Crippen LogP contribution >= 0.6 is 0 Å². The summed E-state index contributed by atoms with van der Waals surface area (Å²) in [7, 11) is 0. The van der Waals surface area contributed by atoms with E-state index in [0.29, 0.717) is 0 Å². The Labute approximate surface area is 324 Å². The maximum atomic E-state index is 2.61. The van der Waals surface area contributed by atoms with Crippen LogP contribution in [-0.2, 0) is 27.1 Å². The van der Waals surface area contributed by atoms with Crippen LogP contribution in [-0.4, -0.2) is 0 Å². The van der Waals surface area contributed by atoms with Gasteiger partial charge in [-0.3, -0.25) is 0 Å². The summed E-state index contributed by atoms with van der Waals surface area (Å²) < 4.78 is 0. The van der Waals surface area contributed by atoms with Crippen molar-refractivity contribution in [2.75, 3.05) is 4.90 Å². The van der Waals surface area contributed by atoms with E-state index < -0.39 is 0 Å². The van der Waals surface area contributed by atoms with E-state index in [1.54, 1.807) is 0 Å². The Kier molecular flexibility index (Phi) is 7.16. The summed E-state index contributed by atoms with van der Waals surface area (Å²) in [5.41, 5.74) is 22.6. The average molecular weight is 706 g/mol. The normalized spacial score (nSPS) is 16.6.